The van der Waals surface area contributed by atoms with E-state index in [4.69, 9.17) is 0 Å². The molecule has 0 aromatic heterocycles. The average Bonchev–Trinajstić information content (AvgIpc) is 2.43. The van der Waals surface area contributed by atoms with E-state index >= 15 is 0 Å². The van der Waals surface area contributed by atoms with Gasteiger partial charge >= 0.3 is 0 Å². The Morgan fingerprint density at radius 2 is 1.63 bits per heavy atom. The average molecular weight is 269 g/mol. The van der Waals surface area contributed by atoms with Crippen LogP contribution in [0.3, 0.4) is 0 Å². The summed E-state index contributed by atoms with van der Waals surface area (Å²) in [4.78, 5) is 1.34. The summed E-state index contributed by atoms with van der Waals surface area (Å²) in [6.45, 7) is 0. The molecule has 2 aromatic rings. The van der Waals surface area contributed by atoms with Crippen molar-refractivity contribution in [1.82, 2.24) is 0 Å². The van der Waals surface area contributed by atoms with Gasteiger partial charge < -0.3 is 5.32 Å². The molecule has 0 bridgehead atoms. The van der Waals surface area contributed by atoms with Gasteiger partial charge in [0.1, 0.15) is 0 Å². The van der Waals surface area contributed by atoms with Crippen molar-refractivity contribution in [2.24, 2.45) is 0 Å². The summed E-state index contributed by atoms with van der Waals surface area (Å²) in [6, 6.07) is 20.1. The van der Waals surface area contributed by atoms with Crippen LogP contribution in [0.1, 0.15) is 24.3 Å². The van der Waals surface area contributed by atoms with Gasteiger partial charge in [0.15, 0.2) is 0 Å². The van der Waals surface area contributed by atoms with Gasteiger partial charge in [-0.2, -0.15) is 0 Å². The Labute approximate surface area is 119 Å². The molecule has 1 nitrogen and oxygen atoms in total. The van der Waals surface area contributed by atoms with Gasteiger partial charge in [0.2, 0.25) is 0 Å². The summed E-state index contributed by atoms with van der Waals surface area (Å²) < 4.78 is 0. The highest BCUT2D eigenvalue weighted by Crippen LogP contribution is 2.39. The molecule has 0 aliphatic heterocycles. The molecule has 98 valence electrons. The van der Waals surface area contributed by atoms with Gasteiger partial charge in [-0.15, -0.1) is 11.8 Å². The smallest absolute Gasteiger partial charge is 0.0480 e. The number of thioether (sulfide) groups is 1. The Morgan fingerprint density at radius 1 is 0.947 bits per heavy atom. The Morgan fingerprint density at radius 3 is 2.37 bits per heavy atom. The highest BCUT2D eigenvalue weighted by molar-refractivity contribution is 7.98. The monoisotopic (exact) mass is 269 g/mol. The van der Waals surface area contributed by atoms with Gasteiger partial charge in [-0.05, 0) is 42.7 Å². The van der Waals surface area contributed by atoms with Crippen molar-refractivity contribution in [2.75, 3.05) is 11.6 Å². The Bertz CT molecular complexity index is 532. The molecule has 3 rings (SSSR count). The van der Waals surface area contributed by atoms with Crippen molar-refractivity contribution in [3.8, 4) is 0 Å². The molecule has 0 spiro atoms. The highest BCUT2D eigenvalue weighted by Gasteiger charge is 2.30. The van der Waals surface area contributed by atoms with Crippen molar-refractivity contribution < 1.29 is 0 Å². The van der Waals surface area contributed by atoms with Gasteiger partial charge in [-0.1, -0.05) is 42.5 Å². The fourth-order valence-corrected chi connectivity index (χ4v) is 3.28. The molecule has 2 aromatic carbocycles. The molecular weight excluding hydrogens is 250 g/mol. The zero-order valence-electron chi connectivity index (χ0n) is 11.2. The molecule has 0 unspecified atom stereocenters. The minimum Gasteiger partial charge on any atom is -0.381 e. The molecule has 0 amide bonds. The van der Waals surface area contributed by atoms with Crippen molar-refractivity contribution in [3.05, 3.63) is 60.2 Å². The van der Waals surface area contributed by atoms with Crippen LogP contribution in [0, 0.1) is 0 Å². The lowest BCUT2D eigenvalue weighted by atomic mass is 9.76. The molecule has 19 heavy (non-hydrogen) atoms. The van der Waals surface area contributed by atoms with E-state index in [-0.39, 0.29) is 0 Å². The predicted molar refractivity (Wildman–Crippen MR) is 84.1 cm³/mol. The second-order valence-corrected chi connectivity index (χ2v) is 5.97. The van der Waals surface area contributed by atoms with Gasteiger partial charge in [-0.3, -0.25) is 0 Å². The van der Waals surface area contributed by atoms with E-state index in [0.29, 0.717) is 6.04 Å². The van der Waals surface area contributed by atoms with Crippen molar-refractivity contribution in [1.29, 1.82) is 0 Å². The summed E-state index contributed by atoms with van der Waals surface area (Å²) in [5.41, 5.74) is 2.77. The molecule has 1 N–H and O–H groups in total. The maximum absolute atomic E-state index is 3.68. The molecule has 0 atom stereocenters. The van der Waals surface area contributed by atoms with Crippen LogP contribution in [0.4, 0.5) is 5.69 Å². The zero-order valence-corrected chi connectivity index (χ0v) is 12.0. The van der Waals surface area contributed by atoms with Crippen LogP contribution in [0.5, 0.6) is 0 Å². The second kappa shape index (κ2) is 5.70. The van der Waals surface area contributed by atoms with E-state index in [1.54, 1.807) is 11.8 Å². The normalized spacial score (nSPS) is 21.7. The van der Waals surface area contributed by atoms with Crippen LogP contribution in [0.2, 0.25) is 0 Å². The van der Waals surface area contributed by atoms with E-state index in [1.165, 1.54) is 29.0 Å². The number of nitrogens with one attached hydrogen (secondary N) is 1. The van der Waals surface area contributed by atoms with E-state index in [0.717, 1.165) is 5.92 Å². The largest absolute Gasteiger partial charge is 0.381 e. The lowest BCUT2D eigenvalue weighted by molar-refractivity contribution is 0.374. The maximum Gasteiger partial charge on any atom is 0.0480 e. The first-order chi connectivity index (χ1) is 9.36. The lowest BCUT2D eigenvalue weighted by Gasteiger charge is -2.37. The molecule has 0 radical (unpaired) electrons. The molecule has 0 heterocycles. The number of hydrogen-bond acceptors (Lipinski definition) is 2. The van der Waals surface area contributed by atoms with E-state index in [9.17, 15) is 0 Å². The Hall–Kier alpha value is -1.41. The third-order valence-corrected chi connectivity index (χ3v) is 4.67. The molecule has 1 saturated carbocycles. The fraction of sp³-hybridized carbons (Fsp3) is 0.294. The van der Waals surface area contributed by atoms with Gasteiger partial charge in [0, 0.05) is 16.6 Å². The first-order valence-electron chi connectivity index (χ1n) is 6.81. The Balaban J connectivity index is 1.60. The number of benzene rings is 2. The number of hydrogen-bond donors (Lipinski definition) is 1. The van der Waals surface area contributed by atoms with Crippen LogP contribution in [-0.4, -0.2) is 12.3 Å². The van der Waals surface area contributed by atoms with E-state index in [2.05, 4.69) is 66.2 Å². The fourth-order valence-electron chi connectivity index (χ4n) is 2.72. The summed E-state index contributed by atoms with van der Waals surface area (Å²) in [5.74, 6) is 0.736. The van der Waals surface area contributed by atoms with Gasteiger partial charge in [0.05, 0.1) is 0 Å². The molecule has 1 aliphatic rings. The predicted octanol–water partition coefficient (Wildman–Crippen LogP) is 4.77. The van der Waals surface area contributed by atoms with Crippen LogP contribution < -0.4 is 5.32 Å². The highest BCUT2D eigenvalue weighted by atomic mass is 32.2. The molecule has 1 fully saturated rings. The summed E-state index contributed by atoms with van der Waals surface area (Å²) in [5, 5.41) is 3.68. The summed E-state index contributed by atoms with van der Waals surface area (Å²) >= 11 is 1.81. The molecule has 1 aliphatic carbocycles. The molecule has 2 heteroatoms. The van der Waals surface area contributed by atoms with Crippen molar-refractivity contribution in [3.63, 3.8) is 0 Å². The van der Waals surface area contributed by atoms with E-state index < -0.39 is 0 Å². The topological polar surface area (TPSA) is 12.0 Å². The van der Waals surface area contributed by atoms with Crippen molar-refractivity contribution >= 4 is 17.4 Å². The first kappa shape index (κ1) is 12.6. The molecular formula is C17H19NS. The first-order valence-corrected chi connectivity index (χ1v) is 8.04. The number of rotatable bonds is 4. The van der Waals surface area contributed by atoms with Crippen molar-refractivity contribution in [2.45, 2.75) is 29.7 Å². The zero-order chi connectivity index (χ0) is 13.1. The van der Waals surface area contributed by atoms with E-state index in [1.807, 2.05) is 0 Å². The lowest BCUT2D eigenvalue weighted by Crippen LogP contribution is -2.34. The minimum absolute atomic E-state index is 0.624. The van der Waals surface area contributed by atoms with Crippen LogP contribution in [0.15, 0.2) is 59.5 Å². The standard InChI is InChI=1S/C17H19NS/c1-19-17-10-6-5-9-16(17)18-15-11-14(12-15)13-7-3-2-4-8-13/h2-10,14-15,18H,11-12H2,1H3. The second-order valence-electron chi connectivity index (χ2n) is 5.12. The number of para-hydroxylation sites is 1. The van der Waals surface area contributed by atoms with Crippen LogP contribution >= 0.6 is 11.8 Å². The van der Waals surface area contributed by atoms with Gasteiger partial charge in [-0.25, -0.2) is 0 Å². The summed E-state index contributed by atoms with van der Waals surface area (Å²) in [7, 11) is 0. The van der Waals surface area contributed by atoms with Crippen LogP contribution in [0.25, 0.3) is 0 Å². The maximum atomic E-state index is 3.68. The quantitative estimate of drug-likeness (QED) is 0.803. The Kier molecular flexibility index (Phi) is 3.79. The molecule has 0 saturated heterocycles. The van der Waals surface area contributed by atoms with Crippen LogP contribution in [-0.2, 0) is 0 Å². The third kappa shape index (κ3) is 2.79. The minimum atomic E-state index is 0.624. The number of anilines is 1. The van der Waals surface area contributed by atoms with Gasteiger partial charge in [0.25, 0.3) is 0 Å². The third-order valence-electron chi connectivity index (χ3n) is 3.88. The SMILES string of the molecule is CSc1ccccc1NC1CC(c2ccccc2)C1. The summed E-state index contributed by atoms with van der Waals surface area (Å²) in [6.07, 6.45) is 4.62.